The maximum Gasteiger partial charge on any atom is 0.156 e. The summed E-state index contributed by atoms with van der Waals surface area (Å²) in [5, 5.41) is 0. The molecule has 0 N–H and O–H groups in total. The molecule has 46 heavy (non-hydrogen) atoms. The average molecular weight is 590 g/mol. The Hall–Kier alpha value is -6.06. The van der Waals surface area contributed by atoms with Crippen LogP contribution in [-0.2, 0) is 5.41 Å². The van der Waals surface area contributed by atoms with Gasteiger partial charge in [0, 0.05) is 0 Å². The normalized spacial score (nSPS) is 14.1. The predicted molar refractivity (Wildman–Crippen MR) is 184 cm³/mol. The molecule has 3 aliphatic rings. The van der Waals surface area contributed by atoms with Gasteiger partial charge in [0.2, 0.25) is 0 Å². The lowest BCUT2D eigenvalue weighted by Gasteiger charge is -2.38. The second-order valence-electron chi connectivity index (χ2n) is 12.1. The van der Waals surface area contributed by atoms with Crippen LogP contribution in [-0.4, -0.2) is 0 Å². The molecule has 2 heterocycles. The molecule has 0 spiro atoms. The lowest BCUT2D eigenvalue weighted by Crippen LogP contribution is -2.28. The highest BCUT2D eigenvalue weighted by Crippen LogP contribution is 2.62. The first-order valence-electron chi connectivity index (χ1n) is 15.7. The maximum atomic E-state index is 6.65. The fraction of sp³-hybridized carbons (Fsp3) is 0.0233. The molecule has 216 valence electrons. The quantitative estimate of drug-likeness (QED) is 0.205. The molecule has 7 aromatic carbocycles. The molecule has 3 heteroatoms. The molecule has 0 radical (unpaired) electrons. The van der Waals surface area contributed by atoms with E-state index in [4.69, 9.17) is 9.47 Å². The Labute approximate surface area is 267 Å². The zero-order valence-electron chi connectivity index (χ0n) is 24.9. The standard InChI is InChI=1S/C43H27NO2/c1-3-14-29(15-4-1)43(30-16-5-2-6-17-30)33-20-8-7-18-32(33)41-31(19-13-21-34(41)43)28-26-39-42-40(27-28)46-38-25-12-10-23-36(38)44(42)35-22-9-11-24-37(35)45-39/h1-27H. The summed E-state index contributed by atoms with van der Waals surface area (Å²) in [5.74, 6) is 3.21. The van der Waals surface area contributed by atoms with Gasteiger partial charge >= 0.3 is 0 Å². The van der Waals surface area contributed by atoms with Crippen molar-refractivity contribution in [3.63, 3.8) is 0 Å². The minimum Gasteiger partial charge on any atom is -0.453 e. The Kier molecular flexibility index (Phi) is 5.20. The number of rotatable bonds is 3. The molecular weight excluding hydrogens is 562 g/mol. The lowest BCUT2D eigenvalue weighted by atomic mass is 9.67. The van der Waals surface area contributed by atoms with E-state index in [1.807, 2.05) is 24.3 Å². The van der Waals surface area contributed by atoms with Crippen molar-refractivity contribution < 1.29 is 9.47 Å². The SMILES string of the molecule is c1ccc(C2(c3ccccc3)c3ccccc3-c3c(-c4cc5c6c(c4)Oc4ccccc4N6c4ccccc4O5)cccc32)cc1. The Morgan fingerprint density at radius 1 is 0.413 bits per heavy atom. The number of benzene rings is 7. The highest BCUT2D eigenvalue weighted by Gasteiger charge is 2.47. The predicted octanol–water partition coefficient (Wildman–Crippen LogP) is 11.4. The number of hydrogen-bond donors (Lipinski definition) is 0. The van der Waals surface area contributed by atoms with Crippen molar-refractivity contribution in [2.75, 3.05) is 4.90 Å². The molecule has 0 bridgehead atoms. The molecule has 0 saturated carbocycles. The van der Waals surface area contributed by atoms with E-state index in [0.29, 0.717) is 0 Å². The highest BCUT2D eigenvalue weighted by molar-refractivity contribution is 5.99. The Morgan fingerprint density at radius 2 is 0.913 bits per heavy atom. The van der Waals surface area contributed by atoms with Gasteiger partial charge in [0.25, 0.3) is 0 Å². The van der Waals surface area contributed by atoms with Crippen LogP contribution in [0.25, 0.3) is 22.3 Å². The van der Waals surface area contributed by atoms with Crippen molar-refractivity contribution in [1.82, 2.24) is 0 Å². The summed E-state index contributed by atoms with van der Waals surface area (Å²) in [6, 6.07) is 58.3. The molecule has 0 unspecified atom stereocenters. The van der Waals surface area contributed by atoms with Crippen molar-refractivity contribution in [3.05, 3.63) is 186 Å². The number of hydrogen-bond acceptors (Lipinski definition) is 3. The first kappa shape index (κ1) is 25.3. The zero-order valence-corrected chi connectivity index (χ0v) is 24.9. The molecule has 2 aliphatic heterocycles. The Balaban J connectivity index is 1.25. The van der Waals surface area contributed by atoms with Crippen LogP contribution in [0.2, 0.25) is 0 Å². The third-order valence-corrected chi connectivity index (χ3v) is 9.71. The van der Waals surface area contributed by atoms with E-state index in [2.05, 4.69) is 144 Å². The van der Waals surface area contributed by atoms with Crippen molar-refractivity contribution in [2.45, 2.75) is 5.41 Å². The molecule has 0 atom stereocenters. The largest absolute Gasteiger partial charge is 0.453 e. The molecule has 3 nitrogen and oxygen atoms in total. The number of fused-ring (bicyclic) bond motifs is 7. The minimum atomic E-state index is -0.464. The van der Waals surface area contributed by atoms with Crippen LogP contribution in [0.5, 0.6) is 23.0 Å². The van der Waals surface area contributed by atoms with E-state index >= 15 is 0 Å². The van der Waals surface area contributed by atoms with Gasteiger partial charge in [-0.2, -0.15) is 0 Å². The fourth-order valence-electron chi connectivity index (χ4n) is 7.91. The third-order valence-electron chi connectivity index (χ3n) is 9.71. The van der Waals surface area contributed by atoms with Gasteiger partial charge in [-0.1, -0.05) is 127 Å². The molecular formula is C43H27NO2. The summed E-state index contributed by atoms with van der Waals surface area (Å²) in [5.41, 5.74) is 12.2. The summed E-state index contributed by atoms with van der Waals surface area (Å²) >= 11 is 0. The first-order chi connectivity index (χ1) is 22.8. The summed E-state index contributed by atoms with van der Waals surface area (Å²) in [6.07, 6.45) is 0. The molecule has 0 saturated heterocycles. The van der Waals surface area contributed by atoms with Gasteiger partial charge in [-0.25, -0.2) is 0 Å². The van der Waals surface area contributed by atoms with Crippen LogP contribution in [0.15, 0.2) is 164 Å². The van der Waals surface area contributed by atoms with Crippen molar-refractivity contribution in [2.24, 2.45) is 0 Å². The number of ether oxygens (including phenoxy) is 2. The van der Waals surface area contributed by atoms with E-state index in [1.54, 1.807) is 0 Å². The van der Waals surface area contributed by atoms with E-state index in [9.17, 15) is 0 Å². The van der Waals surface area contributed by atoms with Crippen LogP contribution in [0.4, 0.5) is 17.1 Å². The summed E-state index contributed by atoms with van der Waals surface area (Å²) in [4.78, 5) is 2.27. The molecule has 1 aliphatic carbocycles. The topological polar surface area (TPSA) is 21.7 Å². The summed E-state index contributed by atoms with van der Waals surface area (Å²) in [7, 11) is 0. The van der Waals surface area contributed by atoms with Gasteiger partial charge in [0.05, 0.1) is 16.8 Å². The monoisotopic (exact) mass is 589 g/mol. The first-order valence-corrected chi connectivity index (χ1v) is 15.7. The average Bonchev–Trinajstić information content (AvgIpc) is 3.43. The second kappa shape index (κ2) is 9.47. The van der Waals surface area contributed by atoms with Gasteiger partial charge in [-0.15, -0.1) is 0 Å². The van der Waals surface area contributed by atoms with Gasteiger partial charge in [0.15, 0.2) is 23.0 Å². The van der Waals surface area contributed by atoms with E-state index in [1.165, 1.54) is 33.4 Å². The Morgan fingerprint density at radius 3 is 1.54 bits per heavy atom. The number of anilines is 3. The third kappa shape index (κ3) is 3.32. The zero-order chi connectivity index (χ0) is 30.2. The van der Waals surface area contributed by atoms with Crippen LogP contribution in [0.1, 0.15) is 22.3 Å². The van der Waals surface area contributed by atoms with Gasteiger partial charge in [-0.05, 0) is 80.9 Å². The van der Waals surface area contributed by atoms with Crippen molar-refractivity contribution >= 4 is 17.1 Å². The lowest BCUT2D eigenvalue weighted by molar-refractivity contribution is 0.446. The molecule has 0 amide bonds. The van der Waals surface area contributed by atoms with Crippen LogP contribution >= 0.6 is 0 Å². The van der Waals surface area contributed by atoms with Crippen LogP contribution in [0, 0.1) is 0 Å². The molecule has 0 aromatic heterocycles. The molecule has 10 rings (SSSR count). The van der Waals surface area contributed by atoms with Gasteiger partial charge in [-0.3, -0.25) is 4.90 Å². The fourth-order valence-corrected chi connectivity index (χ4v) is 7.91. The van der Waals surface area contributed by atoms with E-state index < -0.39 is 5.41 Å². The minimum absolute atomic E-state index is 0.464. The van der Waals surface area contributed by atoms with Gasteiger partial charge in [0.1, 0.15) is 5.69 Å². The number of para-hydroxylation sites is 4. The van der Waals surface area contributed by atoms with Gasteiger partial charge < -0.3 is 9.47 Å². The van der Waals surface area contributed by atoms with Crippen LogP contribution in [0.3, 0.4) is 0 Å². The maximum absolute atomic E-state index is 6.65. The smallest absolute Gasteiger partial charge is 0.156 e. The van der Waals surface area contributed by atoms with Crippen LogP contribution < -0.4 is 14.4 Å². The number of nitrogens with zero attached hydrogens (tertiary/aromatic N) is 1. The van der Waals surface area contributed by atoms with Crippen molar-refractivity contribution in [3.8, 4) is 45.3 Å². The molecule has 0 fully saturated rings. The van der Waals surface area contributed by atoms with Crippen molar-refractivity contribution in [1.29, 1.82) is 0 Å². The van der Waals surface area contributed by atoms with E-state index in [0.717, 1.165) is 51.2 Å². The summed E-state index contributed by atoms with van der Waals surface area (Å²) < 4.78 is 13.3. The Bertz CT molecular complexity index is 2220. The summed E-state index contributed by atoms with van der Waals surface area (Å²) in [6.45, 7) is 0. The highest BCUT2D eigenvalue weighted by atomic mass is 16.5. The molecule has 7 aromatic rings. The second-order valence-corrected chi connectivity index (χ2v) is 12.1. The van der Waals surface area contributed by atoms with E-state index in [-0.39, 0.29) is 0 Å².